The molecule has 1 N–H and O–H groups in total. The normalized spacial score (nSPS) is 11.3. The number of halogens is 1. The van der Waals surface area contributed by atoms with E-state index in [4.69, 9.17) is 4.74 Å². The van der Waals surface area contributed by atoms with E-state index < -0.39 is 0 Å². The van der Waals surface area contributed by atoms with Gasteiger partial charge in [0.2, 0.25) is 5.95 Å². The van der Waals surface area contributed by atoms with Crippen molar-refractivity contribution >= 4 is 38.8 Å². The van der Waals surface area contributed by atoms with Crippen molar-refractivity contribution in [3.63, 3.8) is 0 Å². The molecule has 2 aromatic carbocycles. The van der Waals surface area contributed by atoms with Crippen molar-refractivity contribution in [3.8, 4) is 5.75 Å². The third-order valence-corrected chi connectivity index (χ3v) is 5.99. The fourth-order valence-corrected chi connectivity index (χ4v) is 3.83. The van der Waals surface area contributed by atoms with E-state index in [1.165, 1.54) is 0 Å². The molecule has 0 fully saturated rings. The summed E-state index contributed by atoms with van der Waals surface area (Å²) in [5, 5.41) is 7.29. The first kappa shape index (κ1) is 23.0. The van der Waals surface area contributed by atoms with Crippen LogP contribution in [0.5, 0.6) is 5.75 Å². The van der Waals surface area contributed by atoms with Crippen LogP contribution < -0.4 is 10.1 Å². The Morgan fingerprint density at radius 2 is 1.85 bits per heavy atom. The number of carbonyl (C=O) groups is 1. The molecule has 0 spiro atoms. The molecule has 1 amide bonds. The Balaban J connectivity index is 1.46. The number of amides is 1. The average molecular weight is 511 g/mol. The number of likely N-dealkylation sites (N-methyl/N-ethyl adjacent to an activating group) is 1. The van der Waals surface area contributed by atoms with Gasteiger partial charge >= 0.3 is 0 Å². The maximum absolute atomic E-state index is 12.9. The number of hydrogen-bond acceptors (Lipinski definition) is 5. The van der Waals surface area contributed by atoms with Crippen LogP contribution in [0.15, 0.2) is 65.3 Å². The molecule has 9 heteroatoms. The summed E-state index contributed by atoms with van der Waals surface area (Å²) in [7, 11) is 0. The molecule has 0 aliphatic heterocycles. The van der Waals surface area contributed by atoms with Crippen LogP contribution in [0.25, 0.3) is 11.0 Å². The zero-order valence-corrected chi connectivity index (χ0v) is 20.3. The van der Waals surface area contributed by atoms with E-state index in [0.717, 1.165) is 47.4 Å². The van der Waals surface area contributed by atoms with Crippen molar-refractivity contribution in [1.82, 2.24) is 24.2 Å². The molecule has 8 nitrogen and oxygen atoms in total. The minimum absolute atomic E-state index is 0.206. The molecule has 0 radical (unpaired) electrons. The lowest BCUT2D eigenvalue weighted by atomic mass is 10.3. The van der Waals surface area contributed by atoms with Crippen molar-refractivity contribution in [2.45, 2.75) is 27.1 Å². The zero-order chi connectivity index (χ0) is 23.2. The van der Waals surface area contributed by atoms with Crippen molar-refractivity contribution in [1.29, 1.82) is 0 Å². The summed E-state index contributed by atoms with van der Waals surface area (Å²) in [6, 6.07) is 17.1. The SMILES string of the molecule is CCN(CC)CCn1c(NC(=O)c2ccn(COc3ccc(Br)cc3)n2)nc2ccccc21. The quantitative estimate of drug-likeness (QED) is 0.336. The summed E-state index contributed by atoms with van der Waals surface area (Å²) >= 11 is 3.40. The van der Waals surface area contributed by atoms with Crippen LogP contribution in [0.4, 0.5) is 5.95 Å². The number of rotatable bonds is 10. The number of fused-ring (bicyclic) bond motifs is 1. The minimum Gasteiger partial charge on any atom is -0.471 e. The molecule has 0 saturated carbocycles. The maximum atomic E-state index is 12.9. The predicted molar refractivity (Wildman–Crippen MR) is 132 cm³/mol. The Labute approximate surface area is 201 Å². The molecule has 4 rings (SSSR count). The van der Waals surface area contributed by atoms with Crippen molar-refractivity contribution in [3.05, 3.63) is 71.0 Å². The van der Waals surface area contributed by atoms with Gasteiger partial charge in [-0.3, -0.25) is 10.1 Å². The standard InChI is InChI=1S/C24H27BrN6O2/c1-3-29(4-2)15-16-31-22-8-6-5-7-20(22)26-24(31)27-23(32)21-13-14-30(28-21)17-33-19-11-9-18(25)10-12-19/h5-14H,3-4,15-17H2,1-2H3,(H,26,27,32). The Hall–Kier alpha value is -3.17. The van der Waals surface area contributed by atoms with Crippen LogP contribution in [0.1, 0.15) is 24.3 Å². The summed E-state index contributed by atoms with van der Waals surface area (Å²) in [6.45, 7) is 8.06. The molecule has 0 unspecified atom stereocenters. The van der Waals surface area contributed by atoms with Gasteiger partial charge in [0.25, 0.3) is 5.91 Å². The molecule has 2 aromatic heterocycles. The number of nitrogens with zero attached hydrogens (tertiary/aromatic N) is 5. The summed E-state index contributed by atoms with van der Waals surface area (Å²) in [6.07, 6.45) is 1.72. The van der Waals surface area contributed by atoms with Gasteiger partial charge in [-0.05, 0) is 55.6 Å². The number of para-hydroxylation sites is 2. The predicted octanol–water partition coefficient (Wildman–Crippen LogP) is 4.63. The van der Waals surface area contributed by atoms with Crippen molar-refractivity contribution in [2.24, 2.45) is 0 Å². The topological polar surface area (TPSA) is 77.2 Å². The zero-order valence-electron chi connectivity index (χ0n) is 18.7. The van der Waals surface area contributed by atoms with Gasteiger partial charge in [-0.25, -0.2) is 9.67 Å². The second-order valence-corrected chi connectivity index (χ2v) is 8.44. The second kappa shape index (κ2) is 10.6. The van der Waals surface area contributed by atoms with Gasteiger partial charge in [-0.1, -0.05) is 41.9 Å². The molecule has 0 aliphatic rings. The van der Waals surface area contributed by atoms with Crippen molar-refractivity contribution < 1.29 is 9.53 Å². The number of benzene rings is 2. The molecular weight excluding hydrogens is 484 g/mol. The summed E-state index contributed by atoms with van der Waals surface area (Å²) in [4.78, 5) is 19.9. The minimum atomic E-state index is -0.309. The van der Waals surface area contributed by atoms with E-state index in [-0.39, 0.29) is 12.6 Å². The Morgan fingerprint density at radius 3 is 2.61 bits per heavy atom. The molecule has 2 heterocycles. The van der Waals surface area contributed by atoms with Gasteiger partial charge in [-0.15, -0.1) is 0 Å². The highest BCUT2D eigenvalue weighted by Gasteiger charge is 2.16. The summed E-state index contributed by atoms with van der Waals surface area (Å²) in [5.74, 6) is 0.937. The number of anilines is 1. The summed E-state index contributed by atoms with van der Waals surface area (Å²) < 4.78 is 10.3. The van der Waals surface area contributed by atoms with Gasteiger partial charge in [0.05, 0.1) is 11.0 Å². The van der Waals surface area contributed by atoms with Gasteiger partial charge in [0.1, 0.15) is 5.75 Å². The van der Waals surface area contributed by atoms with Crippen molar-refractivity contribution in [2.75, 3.05) is 25.0 Å². The molecule has 0 atom stereocenters. The number of imidazole rings is 1. The third kappa shape index (κ3) is 5.61. The molecule has 172 valence electrons. The smallest absolute Gasteiger partial charge is 0.278 e. The van der Waals surface area contributed by atoms with Gasteiger partial charge < -0.3 is 14.2 Å². The third-order valence-electron chi connectivity index (χ3n) is 5.46. The first-order valence-corrected chi connectivity index (χ1v) is 11.8. The molecule has 0 saturated heterocycles. The maximum Gasteiger partial charge on any atom is 0.278 e. The lowest BCUT2D eigenvalue weighted by Gasteiger charge is -2.19. The number of aromatic nitrogens is 4. The van der Waals surface area contributed by atoms with Crippen LogP contribution in [0.3, 0.4) is 0 Å². The highest BCUT2D eigenvalue weighted by atomic mass is 79.9. The lowest BCUT2D eigenvalue weighted by molar-refractivity contribution is 0.101. The van der Waals surface area contributed by atoms with Crippen LogP contribution in [0, 0.1) is 0 Å². The molecule has 33 heavy (non-hydrogen) atoms. The highest BCUT2D eigenvalue weighted by molar-refractivity contribution is 9.10. The molecule has 4 aromatic rings. The second-order valence-electron chi connectivity index (χ2n) is 7.52. The van der Waals surface area contributed by atoms with E-state index in [0.29, 0.717) is 11.6 Å². The lowest BCUT2D eigenvalue weighted by Crippen LogP contribution is -2.27. The molecule has 0 bridgehead atoms. The van der Waals surface area contributed by atoms with Gasteiger partial charge in [0.15, 0.2) is 12.4 Å². The summed E-state index contributed by atoms with van der Waals surface area (Å²) in [5.41, 5.74) is 2.14. The van der Waals surface area contributed by atoms with E-state index in [1.807, 2.05) is 48.5 Å². The number of nitrogens with one attached hydrogen (secondary N) is 1. The first-order valence-electron chi connectivity index (χ1n) is 11.0. The Morgan fingerprint density at radius 1 is 1.09 bits per heavy atom. The van der Waals surface area contributed by atoms with Crippen LogP contribution in [-0.2, 0) is 13.3 Å². The fourth-order valence-electron chi connectivity index (χ4n) is 3.57. The van der Waals surface area contributed by atoms with E-state index in [1.54, 1.807) is 16.9 Å². The van der Waals surface area contributed by atoms with E-state index in [2.05, 4.69) is 54.6 Å². The van der Waals surface area contributed by atoms with Gasteiger partial charge in [0, 0.05) is 23.8 Å². The van der Waals surface area contributed by atoms with E-state index >= 15 is 0 Å². The number of hydrogen-bond donors (Lipinski definition) is 1. The largest absolute Gasteiger partial charge is 0.471 e. The van der Waals surface area contributed by atoms with Crippen LogP contribution in [0.2, 0.25) is 0 Å². The number of carbonyl (C=O) groups excluding carboxylic acids is 1. The molecular formula is C24H27BrN6O2. The van der Waals surface area contributed by atoms with Gasteiger partial charge in [-0.2, -0.15) is 5.10 Å². The monoisotopic (exact) mass is 510 g/mol. The fraction of sp³-hybridized carbons (Fsp3) is 0.292. The van der Waals surface area contributed by atoms with E-state index in [9.17, 15) is 4.79 Å². The molecule has 0 aliphatic carbocycles. The highest BCUT2D eigenvalue weighted by Crippen LogP contribution is 2.20. The van der Waals surface area contributed by atoms with Crippen LogP contribution in [-0.4, -0.2) is 49.8 Å². The average Bonchev–Trinajstić information content (AvgIpc) is 3.44. The Kier molecular flexibility index (Phi) is 7.41. The van der Waals surface area contributed by atoms with Crippen LogP contribution >= 0.6 is 15.9 Å². The number of ether oxygens (including phenoxy) is 1. The Bertz CT molecular complexity index is 1210. The first-order chi connectivity index (χ1) is 16.1.